The molecule has 0 fully saturated rings. The Morgan fingerprint density at radius 1 is 1.20 bits per heavy atom. The first-order chi connectivity index (χ1) is 9.72. The first kappa shape index (κ1) is 13.6. The molecule has 0 atom stereocenters. The summed E-state index contributed by atoms with van der Waals surface area (Å²) in [5.41, 5.74) is 0.798. The first-order valence-corrected chi connectivity index (χ1v) is 6.04. The van der Waals surface area contributed by atoms with E-state index in [0.29, 0.717) is 29.4 Å². The van der Waals surface area contributed by atoms with Crippen molar-refractivity contribution in [1.82, 2.24) is 4.98 Å². The van der Waals surface area contributed by atoms with E-state index in [1.165, 1.54) is 6.20 Å². The highest BCUT2D eigenvalue weighted by atomic mass is 16.5. The van der Waals surface area contributed by atoms with Gasteiger partial charge in [0, 0.05) is 0 Å². The third-order valence-corrected chi connectivity index (χ3v) is 2.45. The summed E-state index contributed by atoms with van der Waals surface area (Å²) in [6.45, 7) is 2.10. The number of hydrogen-bond acceptors (Lipinski definition) is 5. The van der Waals surface area contributed by atoms with Crippen LogP contribution in [0, 0.1) is 11.3 Å². The monoisotopic (exact) mass is 268 g/mol. The molecule has 0 amide bonds. The summed E-state index contributed by atoms with van der Waals surface area (Å²) in [5.74, 6) is 0.733. The summed E-state index contributed by atoms with van der Waals surface area (Å²) in [6.07, 6.45) is 1.47. The van der Waals surface area contributed by atoms with Crippen LogP contribution in [0.4, 0.5) is 0 Å². The van der Waals surface area contributed by atoms with Crippen molar-refractivity contribution < 1.29 is 14.3 Å². The van der Waals surface area contributed by atoms with E-state index in [1.807, 2.05) is 6.07 Å². The van der Waals surface area contributed by atoms with Crippen molar-refractivity contribution in [2.45, 2.75) is 6.92 Å². The minimum Gasteiger partial charge on any atom is -0.462 e. The number of esters is 1. The average Bonchev–Trinajstić information content (AvgIpc) is 2.49. The molecule has 1 aromatic heterocycles. The number of pyridine rings is 1. The van der Waals surface area contributed by atoms with Crippen LogP contribution in [-0.4, -0.2) is 17.6 Å². The van der Waals surface area contributed by atoms with E-state index in [4.69, 9.17) is 14.7 Å². The van der Waals surface area contributed by atoms with Gasteiger partial charge in [0.25, 0.3) is 0 Å². The van der Waals surface area contributed by atoms with Crippen molar-refractivity contribution in [3.05, 3.63) is 53.9 Å². The van der Waals surface area contributed by atoms with E-state index in [1.54, 1.807) is 43.3 Å². The number of benzene rings is 1. The molecule has 5 heteroatoms. The molecule has 0 saturated heterocycles. The molecular formula is C15H12N2O3. The highest BCUT2D eigenvalue weighted by Gasteiger charge is 2.06. The van der Waals surface area contributed by atoms with Gasteiger partial charge in [-0.3, -0.25) is 0 Å². The predicted octanol–water partition coefficient (Wildman–Crippen LogP) is 2.92. The zero-order valence-electron chi connectivity index (χ0n) is 10.9. The maximum atomic E-state index is 11.5. The molecule has 0 saturated carbocycles. The number of nitrogens with zero attached hydrogens (tertiary/aromatic N) is 2. The summed E-state index contributed by atoms with van der Waals surface area (Å²) >= 11 is 0. The number of hydrogen-bond donors (Lipinski definition) is 0. The molecule has 0 unspecified atom stereocenters. The van der Waals surface area contributed by atoms with Crippen LogP contribution in [0.2, 0.25) is 0 Å². The lowest BCUT2D eigenvalue weighted by atomic mass is 10.2. The Balaban J connectivity index is 2.06. The molecule has 0 N–H and O–H groups in total. The van der Waals surface area contributed by atoms with Crippen LogP contribution in [0.3, 0.4) is 0 Å². The highest BCUT2D eigenvalue weighted by Crippen LogP contribution is 2.21. The van der Waals surface area contributed by atoms with Gasteiger partial charge in [-0.2, -0.15) is 5.26 Å². The zero-order chi connectivity index (χ0) is 14.4. The highest BCUT2D eigenvalue weighted by molar-refractivity contribution is 5.89. The van der Waals surface area contributed by atoms with E-state index in [0.717, 1.165) is 0 Å². The molecule has 0 aliphatic carbocycles. The lowest BCUT2D eigenvalue weighted by Crippen LogP contribution is -2.03. The fraction of sp³-hybridized carbons (Fsp3) is 0.133. The van der Waals surface area contributed by atoms with E-state index in [9.17, 15) is 4.79 Å². The van der Waals surface area contributed by atoms with Crippen molar-refractivity contribution in [3.63, 3.8) is 0 Å². The molecule has 2 rings (SSSR count). The van der Waals surface area contributed by atoms with Crippen LogP contribution < -0.4 is 4.74 Å². The lowest BCUT2D eigenvalue weighted by Gasteiger charge is -2.06. The second-order valence-corrected chi connectivity index (χ2v) is 3.84. The number of nitriles is 1. The van der Waals surface area contributed by atoms with Gasteiger partial charge in [0.05, 0.1) is 18.4 Å². The quantitative estimate of drug-likeness (QED) is 0.797. The van der Waals surface area contributed by atoms with Crippen LogP contribution >= 0.6 is 0 Å². The summed E-state index contributed by atoms with van der Waals surface area (Å²) in [6, 6.07) is 11.8. The van der Waals surface area contributed by atoms with Gasteiger partial charge in [0.1, 0.15) is 23.3 Å². The second-order valence-electron chi connectivity index (χ2n) is 3.84. The number of carbonyl (C=O) groups excluding carboxylic acids is 1. The fourth-order valence-electron chi connectivity index (χ4n) is 1.52. The third-order valence-electron chi connectivity index (χ3n) is 2.45. The maximum Gasteiger partial charge on any atom is 0.338 e. The Hall–Kier alpha value is -2.87. The number of aromatic nitrogens is 1. The Labute approximate surface area is 116 Å². The topological polar surface area (TPSA) is 72.2 Å². The largest absolute Gasteiger partial charge is 0.462 e. The second kappa shape index (κ2) is 6.34. The number of ether oxygens (including phenoxy) is 2. The zero-order valence-corrected chi connectivity index (χ0v) is 10.9. The van der Waals surface area contributed by atoms with Crippen LogP contribution in [-0.2, 0) is 4.74 Å². The van der Waals surface area contributed by atoms with Crippen molar-refractivity contribution in [1.29, 1.82) is 5.26 Å². The van der Waals surface area contributed by atoms with E-state index in [-0.39, 0.29) is 5.97 Å². The lowest BCUT2D eigenvalue weighted by molar-refractivity contribution is 0.0526. The third kappa shape index (κ3) is 3.33. The molecular weight excluding hydrogens is 256 g/mol. The maximum absolute atomic E-state index is 11.5. The smallest absolute Gasteiger partial charge is 0.338 e. The standard InChI is InChI=1S/C15H12N2O3/c1-2-19-15(18)11-3-6-13(7-4-11)20-14-8-5-12(9-16)17-10-14/h3-8,10H,2H2,1H3. The molecule has 1 heterocycles. The van der Waals surface area contributed by atoms with Gasteiger partial charge in [-0.25, -0.2) is 9.78 Å². The van der Waals surface area contributed by atoms with E-state index < -0.39 is 0 Å². The summed E-state index contributed by atoms with van der Waals surface area (Å²) < 4.78 is 10.4. The molecule has 1 aromatic carbocycles. The Morgan fingerprint density at radius 2 is 1.90 bits per heavy atom. The molecule has 20 heavy (non-hydrogen) atoms. The summed E-state index contributed by atoms with van der Waals surface area (Å²) in [4.78, 5) is 15.4. The van der Waals surface area contributed by atoms with Crippen LogP contribution in [0.15, 0.2) is 42.6 Å². The Bertz CT molecular complexity index is 628. The van der Waals surface area contributed by atoms with Gasteiger partial charge in [-0.15, -0.1) is 0 Å². The van der Waals surface area contributed by atoms with Crippen LogP contribution in [0.1, 0.15) is 23.0 Å². The molecule has 2 aromatic rings. The molecule has 100 valence electrons. The Kier molecular flexibility index (Phi) is 4.30. The minimum atomic E-state index is -0.362. The normalized spacial score (nSPS) is 9.60. The van der Waals surface area contributed by atoms with Gasteiger partial charge in [-0.1, -0.05) is 0 Å². The van der Waals surface area contributed by atoms with Crippen molar-refractivity contribution >= 4 is 5.97 Å². The predicted molar refractivity (Wildman–Crippen MR) is 71.4 cm³/mol. The first-order valence-electron chi connectivity index (χ1n) is 6.04. The van der Waals surface area contributed by atoms with E-state index in [2.05, 4.69) is 4.98 Å². The van der Waals surface area contributed by atoms with Gasteiger partial charge in [-0.05, 0) is 43.3 Å². The van der Waals surface area contributed by atoms with Crippen molar-refractivity contribution in [2.75, 3.05) is 6.61 Å². The molecule has 0 aliphatic rings. The van der Waals surface area contributed by atoms with Crippen LogP contribution in [0.25, 0.3) is 0 Å². The van der Waals surface area contributed by atoms with Gasteiger partial charge in [0.2, 0.25) is 0 Å². The van der Waals surface area contributed by atoms with Crippen LogP contribution in [0.5, 0.6) is 11.5 Å². The molecule has 0 radical (unpaired) electrons. The Morgan fingerprint density at radius 3 is 2.45 bits per heavy atom. The number of carbonyl (C=O) groups is 1. The van der Waals surface area contributed by atoms with Gasteiger partial charge in [0.15, 0.2) is 0 Å². The molecule has 0 spiro atoms. The average molecular weight is 268 g/mol. The number of rotatable bonds is 4. The minimum absolute atomic E-state index is 0.329. The SMILES string of the molecule is CCOC(=O)c1ccc(Oc2ccc(C#N)nc2)cc1. The van der Waals surface area contributed by atoms with E-state index >= 15 is 0 Å². The van der Waals surface area contributed by atoms with Crippen molar-refractivity contribution in [2.24, 2.45) is 0 Å². The molecule has 0 bridgehead atoms. The molecule has 5 nitrogen and oxygen atoms in total. The van der Waals surface area contributed by atoms with Crippen molar-refractivity contribution in [3.8, 4) is 17.6 Å². The van der Waals surface area contributed by atoms with Gasteiger partial charge < -0.3 is 9.47 Å². The summed E-state index contributed by atoms with van der Waals surface area (Å²) in [7, 11) is 0. The van der Waals surface area contributed by atoms with Gasteiger partial charge >= 0.3 is 5.97 Å². The molecule has 0 aliphatic heterocycles. The fourth-order valence-corrected chi connectivity index (χ4v) is 1.52. The summed E-state index contributed by atoms with van der Waals surface area (Å²) in [5, 5.41) is 8.65.